The van der Waals surface area contributed by atoms with E-state index in [1.165, 1.54) is 0 Å². The molecule has 0 saturated heterocycles. The third-order valence-corrected chi connectivity index (χ3v) is 2.82. The Morgan fingerprint density at radius 3 is 2.70 bits per heavy atom. The van der Waals surface area contributed by atoms with Crippen LogP contribution in [0, 0.1) is 11.3 Å². The van der Waals surface area contributed by atoms with Crippen LogP contribution >= 0.6 is 0 Å². The van der Waals surface area contributed by atoms with Gasteiger partial charge in [-0.25, -0.2) is 0 Å². The van der Waals surface area contributed by atoms with Crippen LogP contribution in [0.15, 0.2) is 42.5 Å². The van der Waals surface area contributed by atoms with Crippen LogP contribution in [-0.4, -0.2) is 14.2 Å². The molecule has 0 spiro atoms. The molecular formula is C16H16N2O2. The number of rotatable bonds is 5. The number of nitrogens with one attached hydrogen (secondary N) is 1. The molecule has 0 saturated carbocycles. The summed E-state index contributed by atoms with van der Waals surface area (Å²) in [6.45, 7) is 0.764. The van der Waals surface area contributed by atoms with Crippen LogP contribution in [0.2, 0.25) is 0 Å². The van der Waals surface area contributed by atoms with Gasteiger partial charge in [-0.15, -0.1) is 0 Å². The Morgan fingerprint density at radius 2 is 2.00 bits per heavy atom. The quantitative estimate of drug-likeness (QED) is 0.905. The molecule has 0 aromatic heterocycles. The minimum Gasteiger partial charge on any atom is -0.497 e. The molecule has 1 N–H and O–H groups in total. The second kappa shape index (κ2) is 6.60. The van der Waals surface area contributed by atoms with E-state index in [0.29, 0.717) is 22.8 Å². The van der Waals surface area contributed by atoms with Crippen molar-refractivity contribution in [2.75, 3.05) is 14.2 Å². The lowest BCUT2D eigenvalue weighted by Crippen LogP contribution is -2.04. The summed E-state index contributed by atoms with van der Waals surface area (Å²) in [6, 6.07) is 15.0. The van der Waals surface area contributed by atoms with E-state index in [2.05, 4.69) is 11.4 Å². The van der Waals surface area contributed by atoms with Crippen LogP contribution in [0.5, 0.6) is 17.2 Å². The van der Waals surface area contributed by atoms with Crippen LogP contribution in [0.1, 0.15) is 11.1 Å². The van der Waals surface area contributed by atoms with E-state index < -0.39 is 0 Å². The fourth-order valence-electron chi connectivity index (χ4n) is 1.86. The molecule has 0 atom stereocenters. The molecule has 4 nitrogen and oxygen atoms in total. The summed E-state index contributed by atoms with van der Waals surface area (Å²) in [6.07, 6.45) is 0. The van der Waals surface area contributed by atoms with Gasteiger partial charge in [0.05, 0.1) is 12.7 Å². The second-order valence-corrected chi connectivity index (χ2v) is 4.25. The van der Waals surface area contributed by atoms with Gasteiger partial charge in [0, 0.05) is 12.6 Å². The first-order valence-corrected chi connectivity index (χ1v) is 6.26. The molecule has 2 rings (SSSR count). The van der Waals surface area contributed by atoms with Gasteiger partial charge in [0.25, 0.3) is 0 Å². The summed E-state index contributed by atoms with van der Waals surface area (Å²) >= 11 is 0. The SMILES string of the molecule is CNCc1cccc(Oc2cc(OC)ccc2C#N)c1. The molecule has 0 aliphatic rings. The molecule has 20 heavy (non-hydrogen) atoms. The van der Waals surface area contributed by atoms with Gasteiger partial charge >= 0.3 is 0 Å². The molecule has 2 aromatic rings. The summed E-state index contributed by atoms with van der Waals surface area (Å²) in [7, 11) is 3.47. The number of hydrogen-bond donors (Lipinski definition) is 1. The van der Waals surface area contributed by atoms with Crippen LogP contribution in [0.3, 0.4) is 0 Å². The summed E-state index contributed by atoms with van der Waals surface area (Å²) in [5, 5.41) is 12.2. The summed E-state index contributed by atoms with van der Waals surface area (Å²) in [4.78, 5) is 0. The van der Waals surface area contributed by atoms with Gasteiger partial charge in [-0.2, -0.15) is 5.26 Å². The first-order valence-electron chi connectivity index (χ1n) is 6.26. The Bertz CT molecular complexity index is 633. The highest BCUT2D eigenvalue weighted by molar-refractivity contribution is 5.49. The summed E-state index contributed by atoms with van der Waals surface area (Å²) in [5.74, 6) is 1.85. The van der Waals surface area contributed by atoms with E-state index in [9.17, 15) is 0 Å². The lowest BCUT2D eigenvalue weighted by Gasteiger charge is -2.10. The maximum absolute atomic E-state index is 9.12. The van der Waals surface area contributed by atoms with E-state index in [1.807, 2.05) is 31.3 Å². The third-order valence-electron chi connectivity index (χ3n) is 2.82. The van der Waals surface area contributed by atoms with E-state index in [0.717, 1.165) is 12.1 Å². The highest BCUT2D eigenvalue weighted by atomic mass is 16.5. The fourth-order valence-corrected chi connectivity index (χ4v) is 1.86. The molecule has 0 heterocycles. The Morgan fingerprint density at radius 1 is 1.15 bits per heavy atom. The molecule has 4 heteroatoms. The van der Waals surface area contributed by atoms with Crippen molar-refractivity contribution in [3.8, 4) is 23.3 Å². The Hall–Kier alpha value is -2.51. The number of nitrogens with zero attached hydrogens (tertiary/aromatic N) is 1. The van der Waals surface area contributed by atoms with Gasteiger partial charge < -0.3 is 14.8 Å². The maximum Gasteiger partial charge on any atom is 0.148 e. The van der Waals surface area contributed by atoms with Crippen molar-refractivity contribution in [1.82, 2.24) is 5.32 Å². The Balaban J connectivity index is 2.29. The number of hydrogen-bond acceptors (Lipinski definition) is 4. The third kappa shape index (κ3) is 3.28. The van der Waals surface area contributed by atoms with Crippen molar-refractivity contribution >= 4 is 0 Å². The standard InChI is InChI=1S/C16H16N2O2/c1-18-11-12-4-3-5-15(8-12)20-16-9-14(19-2)7-6-13(16)10-17/h3-9,18H,11H2,1-2H3. The number of methoxy groups -OCH3 is 1. The van der Waals surface area contributed by atoms with Gasteiger partial charge in [-0.05, 0) is 36.9 Å². The Labute approximate surface area is 118 Å². The first-order chi connectivity index (χ1) is 9.76. The van der Waals surface area contributed by atoms with E-state index >= 15 is 0 Å². The number of ether oxygens (including phenoxy) is 2. The predicted molar refractivity (Wildman–Crippen MR) is 77.0 cm³/mol. The Kier molecular flexibility index (Phi) is 4.59. The van der Waals surface area contributed by atoms with Crippen molar-refractivity contribution in [2.24, 2.45) is 0 Å². The lowest BCUT2D eigenvalue weighted by molar-refractivity contribution is 0.408. The molecule has 0 aliphatic carbocycles. The average molecular weight is 268 g/mol. The molecule has 102 valence electrons. The minimum absolute atomic E-state index is 0.477. The van der Waals surface area contributed by atoms with Crippen molar-refractivity contribution in [1.29, 1.82) is 5.26 Å². The lowest BCUT2D eigenvalue weighted by atomic mass is 10.2. The normalized spacial score (nSPS) is 9.85. The molecule has 0 aliphatic heterocycles. The van der Waals surface area contributed by atoms with Gasteiger partial charge in [-0.3, -0.25) is 0 Å². The maximum atomic E-state index is 9.12. The van der Waals surface area contributed by atoms with Gasteiger partial charge in [0.2, 0.25) is 0 Å². The highest BCUT2D eigenvalue weighted by Crippen LogP contribution is 2.29. The van der Waals surface area contributed by atoms with E-state index in [1.54, 1.807) is 25.3 Å². The van der Waals surface area contributed by atoms with Crippen LogP contribution in [0.25, 0.3) is 0 Å². The summed E-state index contributed by atoms with van der Waals surface area (Å²) in [5.41, 5.74) is 1.59. The zero-order valence-corrected chi connectivity index (χ0v) is 11.5. The van der Waals surface area contributed by atoms with Gasteiger partial charge in [0.15, 0.2) is 0 Å². The zero-order valence-electron chi connectivity index (χ0n) is 11.5. The van der Waals surface area contributed by atoms with E-state index in [4.69, 9.17) is 14.7 Å². The highest BCUT2D eigenvalue weighted by Gasteiger charge is 2.07. The largest absolute Gasteiger partial charge is 0.497 e. The molecular weight excluding hydrogens is 252 g/mol. The molecule has 0 fully saturated rings. The molecule has 0 unspecified atom stereocenters. The van der Waals surface area contributed by atoms with Crippen LogP contribution in [0.4, 0.5) is 0 Å². The van der Waals surface area contributed by atoms with Gasteiger partial charge in [0.1, 0.15) is 23.3 Å². The first kappa shape index (κ1) is 13.9. The predicted octanol–water partition coefficient (Wildman–Crippen LogP) is 3.08. The average Bonchev–Trinajstić information content (AvgIpc) is 2.48. The molecule has 0 amide bonds. The molecule has 2 aromatic carbocycles. The number of nitriles is 1. The smallest absolute Gasteiger partial charge is 0.148 e. The van der Waals surface area contributed by atoms with Crippen molar-refractivity contribution in [2.45, 2.75) is 6.54 Å². The zero-order chi connectivity index (χ0) is 14.4. The molecule has 0 bridgehead atoms. The monoisotopic (exact) mass is 268 g/mol. The van der Waals surface area contributed by atoms with Crippen molar-refractivity contribution < 1.29 is 9.47 Å². The van der Waals surface area contributed by atoms with E-state index in [-0.39, 0.29) is 0 Å². The van der Waals surface area contributed by atoms with Crippen LogP contribution < -0.4 is 14.8 Å². The van der Waals surface area contributed by atoms with Crippen molar-refractivity contribution in [3.05, 3.63) is 53.6 Å². The topological polar surface area (TPSA) is 54.3 Å². The number of benzene rings is 2. The minimum atomic E-state index is 0.477. The second-order valence-electron chi connectivity index (χ2n) is 4.25. The fraction of sp³-hybridized carbons (Fsp3) is 0.188. The van der Waals surface area contributed by atoms with Crippen LogP contribution in [-0.2, 0) is 6.54 Å². The summed E-state index contributed by atoms with van der Waals surface area (Å²) < 4.78 is 11.0. The van der Waals surface area contributed by atoms with Gasteiger partial charge in [-0.1, -0.05) is 12.1 Å². The molecule has 0 radical (unpaired) electrons. The van der Waals surface area contributed by atoms with Crippen molar-refractivity contribution in [3.63, 3.8) is 0 Å².